The van der Waals surface area contributed by atoms with Gasteiger partial charge < -0.3 is 16.4 Å². The number of carbonyl (C=O) groups excluding carboxylic acids is 1. The third-order valence-corrected chi connectivity index (χ3v) is 5.85. The lowest BCUT2D eigenvalue weighted by Crippen LogP contribution is -2.37. The van der Waals surface area contributed by atoms with Crippen molar-refractivity contribution in [2.75, 3.05) is 11.9 Å². The molecule has 2 heterocycles. The fourth-order valence-electron chi connectivity index (χ4n) is 4.04. The number of pyridine rings is 1. The molecule has 1 aliphatic carbocycles. The number of carbonyl (C=O) groups is 1. The van der Waals surface area contributed by atoms with E-state index in [4.69, 9.17) is 10.7 Å². The largest absolute Gasteiger partial charge is 0.354 e. The molecule has 7 nitrogen and oxygen atoms in total. The molecule has 1 unspecified atom stereocenters. The van der Waals surface area contributed by atoms with Crippen LogP contribution >= 0.6 is 0 Å². The molecule has 0 spiro atoms. The van der Waals surface area contributed by atoms with Gasteiger partial charge in [0.2, 0.25) is 11.9 Å². The molecule has 4 rings (SSSR count). The minimum atomic E-state index is -0.622. The fraction of sp³-hybridized carbons (Fsp3) is 0.333. The predicted octanol–water partition coefficient (Wildman–Crippen LogP) is 3.71. The topological polar surface area (TPSA) is 106 Å². The molecule has 0 radical (unpaired) electrons. The lowest BCUT2D eigenvalue weighted by molar-refractivity contribution is -0.122. The van der Waals surface area contributed by atoms with Gasteiger partial charge in [-0.1, -0.05) is 36.4 Å². The Hall–Kier alpha value is -3.32. The monoisotopic (exact) mass is 416 g/mol. The van der Waals surface area contributed by atoms with Crippen LogP contribution in [0, 0.1) is 5.92 Å². The zero-order chi connectivity index (χ0) is 21.5. The standard InChI is InChI=1S/C24H28N6O/c25-22(19-6-2-1-3-7-19)23(31)28-16-17-9-11-18(12-10-17)20-13-15-27-24(29-20)30-21-8-4-5-14-26-21/h1-8,13-15,17-18,22H,9-12,16,25H2,(H,28,31)(H,26,27,29,30). The first-order valence-corrected chi connectivity index (χ1v) is 10.8. The molecule has 1 fully saturated rings. The lowest BCUT2D eigenvalue weighted by Gasteiger charge is -2.28. The molecule has 1 atom stereocenters. The van der Waals surface area contributed by atoms with Crippen LogP contribution < -0.4 is 16.4 Å². The van der Waals surface area contributed by atoms with Gasteiger partial charge in [0.25, 0.3) is 0 Å². The van der Waals surface area contributed by atoms with Gasteiger partial charge in [-0.2, -0.15) is 0 Å². The molecule has 4 N–H and O–H groups in total. The minimum absolute atomic E-state index is 0.116. The van der Waals surface area contributed by atoms with Gasteiger partial charge in [0.05, 0.1) is 0 Å². The van der Waals surface area contributed by atoms with Gasteiger partial charge in [0.1, 0.15) is 11.9 Å². The number of benzene rings is 1. The molecule has 1 amide bonds. The first kappa shape index (κ1) is 20.9. The van der Waals surface area contributed by atoms with Crippen LogP contribution in [0.15, 0.2) is 67.0 Å². The van der Waals surface area contributed by atoms with Crippen LogP contribution in [0.4, 0.5) is 11.8 Å². The highest BCUT2D eigenvalue weighted by atomic mass is 16.2. The second kappa shape index (κ2) is 10.1. The van der Waals surface area contributed by atoms with Crippen molar-refractivity contribution in [2.24, 2.45) is 11.7 Å². The van der Waals surface area contributed by atoms with Crippen LogP contribution in [-0.2, 0) is 4.79 Å². The number of nitrogens with zero attached hydrogens (tertiary/aromatic N) is 3. The number of anilines is 2. The highest BCUT2D eigenvalue weighted by Crippen LogP contribution is 2.35. The van der Waals surface area contributed by atoms with Crippen LogP contribution in [-0.4, -0.2) is 27.4 Å². The van der Waals surface area contributed by atoms with Crippen molar-refractivity contribution >= 4 is 17.7 Å². The normalized spacial score (nSPS) is 19.4. The summed E-state index contributed by atoms with van der Waals surface area (Å²) in [7, 11) is 0. The number of nitrogens with one attached hydrogen (secondary N) is 2. The number of aromatic nitrogens is 3. The minimum Gasteiger partial charge on any atom is -0.354 e. The highest BCUT2D eigenvalue weighted by molar-refractivity contribution is 5.82. The zero-order valence-corrected chi connectivity index (χ0v) is 17.4. The van der Waals surface area contributed by atoms with E-state index in [1.165, 1.54) is 0 Å². The summed E-state index contributed by atoms with van der Waals surface area (Å²) >= 11 is 0. The Kier molecular flexibility index (Phi) is 6.84. The molecule has 160 valence electrons. The van der Waals surface area contributed by atoms with Crippen molar-refractivity contribution in [3.05, 3.63) is 78.2 Å². The van der Waals surface area contributed by atoms with Crippen molar-refractivity contribution in [2.45, 2.75) is 37.6 Å². The van der Waals surface area contributed by atoms with E-state index < -0.39 is 6.04 Å². The maximum Gasteiger partial charge on any atom is 0.241 e. The summed E-state index contributed by atoms with van der Waals surface area (Å²) < 4.78 is 0. The van der Waals surface area contributed by atoms with E-state index >= 15 is 0 Å². The molecular weight excluding hydrogens is 388 g/mol. The van der Waals surface area contributed by atoms with Gasteiger partial charge in [0, 0.05) is 30.6 Å². The number of rotatable bonds is 7. The van der Waals surface area contributed by atoms with Crippen molar-refractivity contribution < 1.29 is 4.79 Å². The molecule has 0 aliphatic heterocycles. The Morgan fingerprint density at radius 1 is 0.968 bits per heavy atom. The van der Waals surface area contributed by atoms with Gasteiger partial charge in [-0.15, -0.1) is 0 Å². The summed E-state index contributed by atoms with van der Waals surface area (Å²) in [5.74, 6) is 2.06. The Morgan fingerprint density at radius 2 is 1.74 bits per heavy atom. The Bertz CT molecular complexity index is 974. The third-order valence-electron chi connectivity index (χ3n) is 5.85. The summed E-state index contributed by atoms with van der Waals surface area (Å²) in [6, 6.07) is 16.5. The molecule has 0 saturated heterocycles. The smallest absolute Gasteiger partial charge is 0.241 e. The molecule has 1 aromatic carbocycles. The molecule has 1 saturated carbocycles. The SMILES string of the molecule is NC(C(=O)NCC1CCC(c2ccnc(Nc3ccccn3)n2)CC1)c1ccccc1. The molecule has 31 heavy (non-hydrogen) atoms. The van der Waals surface area contributed by atoms with Crippen molar-refractivity contribution in [1.82, 2.24) is 20.3 Å². The van der Waals surface area contributed by atoms with Crippen LogP contribution in [0.1, 0.15) is 48.9 Å². The summed E-state index contributed by atoms with van der Waals surface area (Å²) in [5, 5.41) is 6.19. The van der Waals surface area contributed by atoms with Crippen LogP contribution in [0.3, 0.4) is 0 Å². The zero-order valence-electron chi connectivity index (χ0n) is 17.4. The Labute approximate surface area is 182 Å². The fourth-order valence-corrected chi connectivity index (χ4v) is 4.04. The van der Waals surface area contributed by atoms with Gasteiger partial charge >= 0.3 is 0 Å². The van der Waals surface area contributed by atoms with Gasteiger partial charge in [-0.25, -0.2) is 15.0 Å². The van der Waals surface area contributed by atoms with E-state index in [1.807, 2.05) is 54.6 Å². The van der Waals surface area contributed by atoms with E-state index in [2.05, 4.69) is 20.6 Å². The third kappa shape index (κ3) is 5.64. The molecule has 7 heteroatoms. The molecule has 0 bridgehead atoms. The summed E-state index contributed by atoms with van der Waals surface area (Å²) in [6.45, 7) is 0.669. The summed E-state index contributed by atoms with van der Waals surface area (Å²) in [6.07, 6.45) is 7.73. The molecule has 2 aromatic heterocycles. The van der Waals surface area contributed by atoms with Crippen molar-refractivity contribution in [3.8, 4) is 0 Å². The Balaban J connectivity index is 1.26. The first-order valence-electron chi connectivity index (χ1n) is 10.8. The predicted molar refractivity (Wildman–Crippen MR) is 121 cm³/mol. The molecular formula is C24H28N6O. The van der Waals surface area contributed by atoms with E-state index in [0.717, 1.165) is 42.8 Å². The number of hydrogen-bond acceptors (Lipinski definition) is 6. The van der Waals surface area contributed by atoms with Crippen LogP contribution in [0.25, 0.3) is 0 Å². The average molecular weight is 417 g/mol. The first-order chi connectivity index (χ1) is 15.2. The quantitative estimate of drug-likeness (QED) is 0.542. The van der Waals surface area contributed by atoms with E-state index in [-0.39, 0.29) is 5.91 Å². The number of hydrogen-bond donors (Lipinski definition) is 3. The maximum atomic E-state index is 12.4. The van der Waals surface area contributed by atoms with Crippen molar-refractivity contribution in [1.29, 1.82) is 0 Å². The van der Waals surface area contributed by atoms with Crippen LogP contribution in [0.5, 0.6) is 0 Å². The number of amides is 1. The maximum absolute atomic E-state index is 12.4. The second-order valence-electron chi connectivity index (χ2n) is 8.00. The summed E-state index contributed by atoms with van der Waals surface area (Å²) in [4.78, 5) is 25.7. The number of nitrogens with two attached hydrogens (primary N) is 1. The van der Waals surface area contributed by atoms with Gasteiger partial charge in [-0.05, 0) is 55.4 Å². The van der Waals surface area contributed by atoms with E-state index in [1.54, 1.807) is 12.4 Å². The van der Waals surface area contributed by atoms with Gasteiger partial charge in [-0.3, -0.25) is 4.79 Å². The molecule has 3 aromatic rings. The average Bonchev–Trinajstić information content (AvgIpc) is 2.84. The lowest BCUT2D eigenvalue weighted by atomic mass is 9.80. The van der Waals surface area contributed by atoms with E-state index in [9.17, 15) is 4.79 Å². The van der Waals surface area contributed by atoms with Crippen molar-refractivity contribution in [3.63, 3.8) is 0 Å². The second-order valence-corrected chi connectivity index (χ2v) is 8.00. The Morgan fingerprint density at radius 3 is 2.48 bits per heavy atom. The van der Waals surface area contributed by atoms with Gasteiger partial charge in [0.15, 0.2) is 0 Å². The van der Waals surface area contributed by atoms with E-state index in [0.29, 0.717) is 24.3 Å². The highest BCUT2D eigenvalue weighted by Gasteiger charge is 2.25. The molecule has 1 aliphatic rings. The van der Waals surface area contributed by atoms with Crippen LogP contribution in [0.2, 0.25) is 0 Å². The summed E-state index contributed by atoms with van der Waals surface area (Å²) in [5.41, 5.74) is 7.98.